The lowest BCUT2D eigenvalue weighted by Gasteiger charge is -2.19. The largest absolute Gasteiger partial charge is 0.493 e. The summed E-state index contributed by atoms with van der Waals surface area (Å²) in [6, 6.07) is 8.56. The maximum Gasteiger partial charge on any atom is 0.168 e. The first kappa shape index (κ1) is 15.6. The fraction of sp³-hybridized carbons (Fsp3) is 0.333. The van der Waals surface area contributed by atoms with Gasteiger partial charge in [-0.3, -0.25) is 4.90 Å². The van der Waals surface area contributed by atoms with E-state index in [0.29, 0.717) is 29.2 Å². The van der Waals surface area contributed by atoms with Crippen LogP contribution in [-0.2, 0) is 6.42 Å². The molecule has 2 aromatic rings. The third-order valence-electron chi connectivity index (χ3n) is 4.05. The predicted octanol–water partition coefficient (Wildman–Crippen LogP) is 3.33. The highest BCUT2D eigenvalue weighted by molar-refractivity contribution is 5.80. The minimum atomic E-state index is -0.286. The van der Waals surface area contributed by atoms with E-state index in [9.17, 15) is 4.39 Å². The van der Waals surface area contributed by atoms with Crippen molar-refractivity contribution in [1.82, 2.24) is 4.90 Å². The number of hydrogen-bond donors (Lipinski definition) is 0. The van der Waals surface area contributed by atoms with Crippen LogP contribution in [0.1, 0.15) is 5.56 Å². The Morgan fingerprint density at radius 3 is 2.57 bits per heavy atom. The van der Waals surface area contributed by atoms with Crippen LogP contribution in [0.4, 0.5) is 4.39 Å². The fourth-order valence-electron chi connectivity index (χ4n) is 2.89. The summed E-state index contributed by atoms with van der Waals surface area (Å²) in [5.41, 5.74) is 2.30. The van der Waals surface area contributed by atoms with E-state index in [2.05, 4.69) is 0 Å². The van der Waals surface area contributed by atoms with E-state index in [1.54, 1.807) is 14.2 Å². The fourth-order valence-corrected chi connectivity index (χ4v) is 2.89. The maximum atomic E-state index is 14.1. The van der Waals surface area contributed by atoms with E-state index in [4.69, 9.17) is 14.2 Å². The number of likely N-dealkylation sites (N-methyl/N-ethyl adjacent to an activating group) is 1. The Morgan fingerprint density at radius 2 is 1.91 bits per heavy atom. The normalized spacial score (nSPS) is 16.2. The van der Waals surface area contributed by atoms with Crippen LogP contribution < -0.4 is 14.2 Å². The van der Waals surface area contributed by atoms with Crippen molar-refractivity contribution in [2.45, 2.75) is 12.6 Å². The van der Waals surface area contributed by atoms with Crippen molar-refractivity contribution in [3.05, 3.63) is 41.7 Å². The number of methoxy groups -OCH3 is 2. The molecule has 0 saturated heterocycles. The molecule has 1 unspecified atom stereocenters. The van der Waals surface area contributed by atoms with Crippen molar-refractivity contribution < 1.29 is 18.6 Å². The number of para-hydroxylation sites is 1. The van der Waals surface area contributed by atoms with Crippen molar-refractivity contribution >= 4 is 0 Å². The summed E-state index contributed by atoms with van der Waals surface area (Å²) < 4.78 is 31.0. The van der Waals surface area contributed by atoms with Crippen molar-refractivity contribution in [2.75, 3.05) is 28.3 Å². The maximum absolute atomic E-state index is 14.1. The molecular weight excluding hydrogens is 297 g/mol. The van der Waals surface area contributed by atoms with Gasteiger partial charge in [0.25, 0.3) is 0 Å². The molecule has 0 bridgehead atoms. The Balaban J connectivity index is 2.16. The lowest BCUT2D eigenvalue weighted by molar-refractivity contribution is 0.0866. The van der Waals surface area contributed by atoms with Gasteiger partial charge in [-0.05, 0) is 32.3 Å². The van der Waals surface area contributed by atoms with Crippen molar-refractivity contribution in [1.29, 1.82) is 0 Å². The third-order valence-corrected chi connectivity index (χ3v) is 4.05. The zero-order valence-corrected chi connectivity index (χ0v) is 13.7. The molecule has 2 aromatic carbocycles. The molecule has 0 N–H and O–H groups in total. The van der Waals surface area contributed by atoms with Crippen LogP contribution in [0.25, 0.3) is 11.1 Å². The average molecular weight is 317 g/mol. The average Bonchev–Trinajstić information content (AvgIpc) is 2.97. The van der Waals surface area contributed by atoms with Gasteiger partial charge in [0, 0.05) is 23.1 Å². The number of nitrogens with zero attached hydrogens (tertiary/aromatic N) is 1. The first-order chi connectivity index (χ1) is 11.0. The molecule has 0 aromatic heterocycles. The van der Waals surface area contributed by atoms with Crippen molar-refractivity contribution in [3.8, 4) is 28.4 Å². The number of benzene rings is 2. The second kappa shape index (κ2) is 6.08. The van der Waals surface area contributed by atoms with Crippen molar-refractivity contribution in [2.24, 2.45) is 0 Å². The zero-order chi connectivity index (χ0) is 16.6. The summed E-state index contributed by atoms with van der Waals surface area (Å²) in [5, 5.41) is 0. The molecule has 5 heteroatoms. The Kier molecular flexibility index (Phi) is 4.13. The highest BCUT2D eigenvalue weighted by Crippen LogP contribution is 2.45. The van der Waals surface area contributed by atoms with E-state index in [1.165, 1.54) is 12.1 Å². The molecule has 0 spiro atoms. The standard InChI is InChI=1S/C18H20FNO3/c1-20(2)16-9-11-8-12(19)10-14(17(11)23-16)13-6-5-7-15(21-3)18(13)22-4/h5-8,10,16H,9H2,1-4H3. The van der Waals surface area contributed by atoms with Gasteiger partial charge >= 0.3 is 0 Å². The Labute approximate surface area is 135 Å². The molecule has 0 radical (unpaired) electrons. The minimum absolute atomic E-state index is 0.0952. The SMILES string of the molecule is COc1cccc(-c2cc(F)cc3c2OC(N(C)C)C3)c1OC. The Bertz CT molecular complexity index is 730. The number of rotatable bonds is 4. The van der Waals surface area contributed by atoms with Gasteiger partial charge in [0.15, 0.2) is 17.7 Å². The minimum Gasteiger partial charge on any atom is -0.493 e. The summed E-state index contributed by atoms with van der Waals surface area (Å²) in [4.78, 5) is 1.98. The van der Waals surface area contributed by atoms with Gasteiger partial charge in [-0.1, -0.05) is 12.1 Å². The Hall–Kier alpha value is -2.27. The van der Waals surface area contributed by atoms with E-state index in [-0.39, 0.29) is 12.0 Å². The van der Waals surface area contributed by atoms with Crippen LogP contribution >= 0.6 is 0 Å². The highest BCUT2D eigenvalue weighted by atomic mass is 19.1. The summed E-state index contributed by atoms with van der Waals surface area (Å²) >= 11 is 0. The lowest BCUT2D eigenvalue weighted by Crippen LogP contribution is -2.31. The smallest absolute Gasteiger partial charge is 0.168 e. The van der Waals surface area contributed by atoms with Crippen molar-refractivity contribution in [3.63, 3.8) is 0 Å². The number of fused-ring (bicyclic) bond motifs is 1. The van der Waals surface area contributed by atoms with Gasteiger partial charge in [0.1, 0.15) is 11.6 Å². The van der Waals surface area contributed by atoms with Gasteiger partial charge in [0.2, 0.25) is 0 Å². The second-order valence-electron chi connectivity index (χ2n) is 5.72. The van der Waals surface area contributed by atoms with Gasteiger partial charge in [-0.2, -0.15) is 0 Å². The topological polar surface area (TPSA) is 30.9 Å². The summed E-state index contributed by atoms with van der Waals surface area (Å²) in [7, 11) is 7.04. The predicted molar refractivity (Wildman–Crippen MR) is 86.7 cm³/mol. The van der Waals surface area contributed by atoms with Gasteiger partial charge < -0.3 is 14.2 Å². The summed E-state index contributed by atoms with van der Waals surface area (Å²) in [6.07, 6.45) is 0.557. The van der Waals surface area contributed by atoms with Crippen LogP contribution in [0, 0.1) is 5.82 Å². The molecule has 3 rings (SSSR count). The van der Waals surface area contributed by atoms with Gasteiger partial charge in [-0.25, -0.2) is 4.39 Å². The van der Waals surface area contributed by atoms with Crippen LogP contribution in [0.5, 0.6) is 17.2 Å². The van der Waals surface area contributed by atoms with E-state index >= 15 is 0 Å². The molecule has 0 aliphatic carbocycles. The summed E-state index contributed by atoms with van der Waals surface area (Å²) in [5.74, 6) is 1.59. The first-order valence-electron chi connectivity index (χ1n) is 7.42. The molecular formula is C18H20FNO3. The Morgan fingerprint density at radius 1 is 1.13 bits per heavy atom. The molecule has 0 amide bonds. The number of hydrogen-bond acceptors (Lipinski definition) is 4. The molecule has 122 valence electrons. The van der Waals surface area contributed by atoms with Crippen LogP contribution in [0.2, 0.25) is 0 Å². The monoisotopic (exact) mass is 317 g/mol. The quantitative estimate of drug-likeness (QED) is 0.865. The molecule has 0 saturated carbocycles. The van der Waals surface area contributed by atoms with E-state index < -0.39 is 0 Å². The molecule has 4 nitrogen and oxygen atoms in total. The van der Waals surface area contributed by atoms with E-state index in [1.807, 2.05) is 37.2 Å². The number of ether oxygens (including phenoxy) is 3. The van der Waals surface area contributed by atoms with E-state index in [0.717, 1.165) is 11.1 Å². The second-order valence-corrected chi connectivity index (χ2v) is 5.72. The molecule has 23 heavy (non-hydrogen) atoms. The van der Waals surface area contributed by atoms with Crippen LogP contribution in [-0.4, -0.2) is 39.4 Å². The van der Waals surface area contributed by atoms with Gasteiger partial charge in [-0.15, -0.1) is 0 Å². The highest BCUT2D eigenvalue weighted by Gasteiger charge is 2.29. The molecule has 1 aliphatic heterocycles. The lowest BCUT2D eigenvalue weighted by atomic mass is 9.99. The van der Waals surface area contributed by atoms with Gasteiger partial charge in [0.05, 0.1) is 14.2 Å². The van der Waals surface area contributed by atoms with Crippen LogP contribution in [0.15, 0.2) is 30.3 Å². The molecule has 1 aliphatic rings. The summed E-state index contributed by atoms with van der Waals surface area (Å²) in [6.45, 7) is 0. The third kappa shape index (κ3) is 2.72. The number of halogens is 1. The molecule has 0 fully saturated rings. The molecule has 1 heterocycles. The molecule has 1 atom stereocenters. The zero-order valence-electron chi connectivity index (χ0n) is 13.7. The first-order valence-corrected chi connectivity index (χ1v) is 7.42. The van der Waals surface area contributed by atoms with Crippen LogP contribution in [0.3, 0.4) is 0 Å².